The number of nitrogens with zero attached hydrogens (tertiary/aromatic N) is 2. The van der Waals surface area contributed by atoms with Crippen molar-refractivity contribution in [2.45, 2.75) is 18.9 Å². The molecule has 2 saturated heterocycles. The summed E-state index contributed by atoms with van der Waals surface area (Å²) in [5.41, 5.74) is 2.38. The number of hydrogen-bond acceptors (Lipinski definition) is 3. The molecule has 0 spiro atoms. The summed E-state index contributed by atoms with van der Waals surface area (Å²) < 4.78 is 0. The van der Waals surface area contributed by atoms with E-state index in [0.717, 1.165) is 10.9 Å². The van der Waals surface area contributed by atoms with Crippen LogP contribution in [0.1, 0.15) is 12.8 Å². The molecule has 104 valence electrons. The van der Waals surface area contributed by atoms with E-state index in [4.69, 9.17) is 11.6 Å². The van der Waals surface area contributed by atoms with Crippen LogP contribution >= 0.6 is 11.6 Å². The van der Waals surface area contributed by atoms with E-state index in [1.807, 2.05) is 6.07 Å². The minimum atomic E-state index is 0.593. The number of halogens is 1. The van der Waals surface area contributed by atoms with Gasteiger partial charge < -0.3 is 15.1 Å². The van der Waals surface area contributed by atoms with E-state index in [2.05, 4.69) is 41.3 Å². The van der Waals surface area contributed by atoms with E-state index < -0.39 is 0 Å². The van der Waals surface area contributed by atoms with Gasteiger partial charge in [-0.15, -0.1) is 0 Å². The van der Waals surface area contributed by atoms with Crippen molar-refractivity contribution < 1.29 is 0 Å². The van der Waals surface area contributed by atoms with Gasteiger partial charge in [-0.05, 0) is 43.5 Å². The highest BCUT2D eigenvalue weighted by Crippen LogP contribution is 2.33. The molecule has 4 heteroatoms. The number of hydrogen-bond donors (Lipinski definition) is 1. The Labute approximate surface area is 120 Å². The molecule has 19 heavy (non-hydrogen) atoms. The van der Waals surface area contributed by atoms with Crippen LogP contribution in [0.4, 0.5) is 11.4 Å². The first-order chi connectivity index (χ1) is 9.13. The average Bonchev–Trinajstić information content (AvgIpc) is 2.75. The van der Waals surface area contributed by atoms with E-state index in [1.54, 1.807) is 0 Å². The Bertz CT molecular complexity index is 461. The maximum atomic E-state index is 6.15. The molecule has 3 unspecified atom stereocenters. The number of anilines is 2. The van der Waals surface area contributed by atoms with Gasteiger partial charge in [-0.2, -0.15) is 0 Å². The molecular weight excluding hydrogens is 258 g/mol. The van der Waals surface area contributed by atoms with Gasteiger partial charge in [0.25, 0.3) is 0 Å². The van der Waals surface area contributed by atoms with E-state index in [-0.39, 0.29) is 0 Å². The number of benzene rings is 1. The monoisotopic (exact) mass is 279 g/mol. The lowest BCUT2D eigenvalue weighted by molar-refractivity contribution is 0.255. The molecule has 0 radical (unpaired) electrons. The first-order valence-electron chi connectivity index (χ1n) is 7.09. The Balaban J connectivity index is 1.80. The van der Waals surface area contributed by atoms with Crippen molar-refractivity contribution in [3.8, 4) is 0 Å². The number of nitrogens with one attached hydrogen (secondary N) is 1. The number of rotatable bonds is 3. The van der Waals surface area contributed by atoms with Crippen LogP contribution in [0, 0.1) is 5.92 Å². The van der Waals surface area contributed by atoms with Gasteiger partial charge in [0.2, 0.25) is 0 Å². The van der Waals surface area contributed by atoms with Crippen molar-refractivity contribution in [2.75, 3.05) is 43.9 Å². The highest BCUT2D eigenvalue weighted by Gasteiger charge is 2.34. The average molecular weight is 280 g/mol. The SMILES string of the molecule is CN(C)c1ccc(Cl)cc1NC1CCN2CCC1C2. The molecule has 2 heterocycles. The minimum Gasteiger partial charge on any atom is -0.380 e. The molecule has 2 bridgehead atoms. The molecule has 3 rings (SSSR count). The molecule has 1 aromatic carbocycles. The summed E-state index contributed by atoms with van der Waals surface area (Å²) in [4.78, 5) is 4.72. The molecule has 2 aliphatic heterocycles. The maximum Gasteiger partial charge on any atom is 0.0597 e. The van der Waals surface area contributed by atoms with Gasteiger partial charge in [0, 0.05) is 38.2 Å². The van der Waals surface area contributed by atoms with Gasteiger partial charge in [0.05, 0.1) is 11.4 Å². The second kappa shape index (κ2) is 5.22. The summed E-state index contributed by atoms with van der Waals surface area (Å²) in [5, 5.41) is 4.55. The summed E-state index contributed by atoms with van der Waals surface area (Å²) in [6, 6.07) is 6.70. The van der Waals surface area contributed by atoms with E-state index in [9.17, 15) is 0 Å². The predicted octanol–water partition coefficient (Wildman–Crippen LogP) is 2.91. The van der Waals surface area contributed by atoms with E-state index in [0.29, 0.717) is 6.04 Å². The van der Waals surface area contributed by atoms with E-state index in [1.165, 1.54) is 43.9 Å². The normalized spacial score (nSPS) is 29.3. The van der Waals surface area contributed by atoms with Crippen molar-refractivity contribution in [2.24, 2.45) is 5.92 Å². The van der Waals surface area contributed by atoms with Crippen molar-refractivity contribution >= 4 is 23.0 Å². The van der Waals surface area contributed by atoms with Crippen LogP contribution in [-0.2, 0) is 0 Å². The van der Waals surface area contributed by atoms with Gasteiger partial charge in [-0.1, -0.05) is 11.6 Å². The van der Waals surface area contributed by atoms with Gasteiger partial charge in [0.1, 0.15) is 0 Å². The van der Waals surface area contributed by atoms with Crippen molar-refractivity contribution in [3.05, 3.63) is 23.2 Å². The molecular formula is C15H22ClN3. The zero-order valence-corrected chi connectivity index (χ0v) is 12.5. The van der Waals surface area contributed by atoms with Gasteiger partial charge >= 0.3 is 0 Å². The van der Waals surface area contributed by atoms with Crippen LogP contribution in [0.2, 0.25) is 5.02 Å². The van der Waals surface area contributed by atoms with E-state index >= 15 is 0 Å². The minimum absolute atomic E-state index is 0.593. The maximum absolute atomic E-state index is 6.15. The fourth-order valence-electron chi connectivity index (χ4n) is 3.36. The molecule has 0 amide bonds. The van der Waals surface area contributed by atoms with Gasteiger partial charge in [-0.25, -0.2) is 0 Å². The summed E-state index contributed by atoms with van der Waals surface area (Å²) in [6.45, 7) is 3.76. The van der Waals surface area contributed by atoms with Gasteiger partial charge in [0.15, 0.2) is 0 Å². The highest BCUT2D eigenvalue weighted by atomic mass is 35.5. The molecule has 2 aliphatic rings. The molecule has 0 aliphatic carbocycles. The van der Waals surface area contributed by atoms with Crippen LogP contribution < -0.4 is 10.2 Å². The fourth-order valence-corrected chi connectivity index (χ4v) is 3.53. The Morgan fingerprint density at radius 1 is 1.26 bits per heavy atom. The third-order valence-corrected chi connectivity index (χ3v) is 4.65. The largest absolute Gasteiger partial charge is 0.380 e. The molecule has 0 aromatic heterocycles. The quantitative estimate of drug-likeness (QED) is 0.918. The Morgan fingerprint density at radius 3 is 2.84 bits per heavy atom. The lowest BCUT2D eigenvalue weighted by atomic mass is 9.94. The third kappa shape index (κ3) is 2.67. The van der Waals surface area contributed by atoms with Crippen LogP contribution in [0.3, 0.4) is 0 Å². The predicted molar refractivity (Wildman–Crippen MR) is 82.4 cm³/mol. The fraction of sp³-hybridized carbons (Fsp3) is 0.600. The highest BCUT2D eigenvalue weighted by molar-refractivity contribution is 6.31. The number of fused-ring (bicyclic) bond motifs is 2. The third-order valence-electron chi connectivity index (χ3n) is 4.42. The van der Waals surface area contributed by atoms with Crippen LogP contribution in [0.5, 0.6) is 0 Å². The second-order valence-corrected chi connectivity index (χ2v) is 6.38. The van der Waals surface area contributed by atoms with Crippen molar-refractivity contribution in [1.29, 1.82) is 0 Å². The summed E-state index contributed by atoms with van der Waals surface area (Å²) in [7, 11) is 4.15. The second-order valence-electron chi connectivity index (χ2n) is 5.94. The smallest absolute Gasteiger partial charge is 0.0597 e. The first kappa shape index (κ1) is 13.1. The standard InChI is InChI=1S/C15H22ClN3/c1-18(2)15-4-3-12(16)9-14(15)17-13-6-8-19-7-5-11(13)10-19/h3-4,9,11,13,17H,5-8,10H2,1-2H3. The molecule has 1 aromatic rings. The Hall–Kier alpha value is -0.930. The molecule has 3 atom stereocenters. The van der Waals surface area contributed by atoms with Crippen LogP contribution in [0.15, 0.2) is 18.2 Å². The zero-order valence-electron chi connectivity index (χ0n) is 11.7. The Kier molecular flexibility index (Phi) is 3.59. The topological polar surface area (TPSA) is 18.5 Å². The van der Waals surface area contributed by atoms with Crippen molar-refractivity contribution in [1.82, 2.24) is 4.90 Å². The van der Waals surface area contributed by atoms with Crippen LogP contribution in [0.25, 0.3) is 0 Å². The zero-order chi connectivity index (χ0) is 13.4. The van der Waals surface area contributed by atoms with Gasteiger partial charge in [-0.3, -0.25) is 0 Å². The molecule has 1 N–H and O–H groups in total. The molecule has 0 saturated carbocycles. The van der Waals surface area contributed by atoms with Crippen LogP contribution in [-0.4, -0.2) is 44.7 Å². The molecule has 3 nitrogen and oxygen atoms in total. The number of piperidine rings is 1. The summed E-state index contributed by atoms with van der Waals surface area (Å²) in [5.74, 6) is 0.794. The lowest BCUT2D eigenvalue weighted by Gasteiger charge is -2.33. The van der Waals surface area contributed by atoms with Crippen molar-refractivity contribution in [3.63, 3.8) is 0 Å². The first-order valence-corrected chi connectivity index (χ1v) is 7.47. The molecule has 2 fully saturated rings. The summed E-state index contributed by atoms with van der Waals surface area (Å²) in [6.07, 6.45) is 2.57. The Morgan fingerprint density at radius 2 is 2.05 bits per heavy atom. The summed E-state index contributed by atoms with van der Waals surface area (Å²) >= 11 is 6.15. The lowest BCUT2D eigenvalue weighted by Crippen LogP contribution is -2.39.